The first kappa shape index (κ1) is 27.8. The van der Waals surface area contributed by atoms with Gasteiger partial charge in [-0.25, -0.2) is 9.59 Å². The molecule has 0 aliphatic carbocycles. The zero-order valence-electron chi connectivity index (χ0n) is 18.9. The third-order valence-electron chi connectivity index (χ3n) is 4.64. The van der Waals surface area contributed by atoms with Crippen LogP contribution in [0.1, 0.15) is 91.9 Å². The van der Waals surface area contributed by atoms with Crippen molar-refractivity contribution in [3.8, 4) is 0 Å². The van der Waals surface area contributed by atoms with Crippen molar-refractivity contribution in [1.82, 2.24) is 0 Å². The number of esters is 1. The van der Waals surface area contributed by atoms with Gasteiger partial charge in [0.25, 0.3) is 0 Å². The maximum atomic E-state index is 12.7. The molecule has 0 aliphatic heterocycles. The molecule has 0 fully saturated rings. The molecule has 172 valence electrons. The molecular weight excluding hydrogens is 376 g/mol. The van der Waals surface area contributed by atoms with Crippen molar-refractivity contribution < 1.29 is 33.6 Å². The first-order valence-electron chi connectivity index (χ1n) is 11.3. The van der Waals surface area contributed by atoms with E-state index in [1.54, 1.807) is 20.8 Å². The lowest BCUT2D eigenvalue weighted by Gasteiger charge is -2.34. The van der Waals surface area contributed by atoms with Crippen molar-refractivity contribution in [1.29, 1.82) is 0 Å². The number of carbonyl (C=O) groups excluding carboxylic acids is 1. The highest BCUT2D eigenvalue weighted by molar-refractivity contribution is 5.87. The van der Waals surface area contributed by atoms with Crippen molar-refractivity contribution >= 4 is 11.9 Å². The van der Waals surface area contributed by atoms with Gasteiger partial charge in [-0.2, -0.15) is 0 Å². The Morgan fingerprint density at radius 1 is 0.759 bits per heavy atom. The van der Waals surface area contributed by atoms with Crippen LogP contribution >= 0.6 is 0 Å². The van der Waals surface area contributed by atoms with E-state index in [-0.39, 0.29) is 26.4 Å². The highest BCUT2D eigenvalue weighted by Crippen LogP contribution is 2.24. The van der Waals surface area contributed by atoms with E-state index >= 15 is 0 Å². The highest BCUT2D eigenvalue weighted by atomic mass is 16.7. The summed E-state index contributed by atoms with van der Waals surface area (Å²) in [6, 6.07) is 0. The average molecular weight is 419 g/mol. The third kappa shape index (κ3) is 11.0. The molecule has 1 unspecified atom stereocenters. The summed E-state index contributed by atoms with van der Waals surface area (Å²) in [5.41, 5.74) is 0. The van der Waals surface area contributed by atoms with Crippen LogP contribution in [0.3, 0.4) is 0 Å². The van der Waals surface area contributed by atoms with Gasteiger partial charge in [0.15, 0.2) is 0 Å². The summed E-state index contributed by atoms with van der Waals surface area (Å²) in [5.74, 6) is -4.27. The molecule has 0 saturated heterocycles. The Kier molecular flexibility index (Phi) is 16.9. The molecule has 0 bridgehead atoms. The number of carboxylic acids is 1. The lowest BCUT2D eigenvalue weighted by molar-refractivity contribution is -0.284. The molecule has 0 saturated carbocycles. The molecular formula is C22H42O7. The third-order valence-corrected chi connectivity index (χ3v) is 4.64. The largest absolute Gasteiger partial charge is 0.479 e. The predicted octanol–water partition coefficient (Wildman–Crippen LogP) is 4.71. The van der Waals surface area contributed by atoms with E-state index in [2.05, 4.69) is 6.92 Å². The summed E-state index contributed by atoms with van der Waals surface area (Å²) >= 11 is 0. The number of hydrogen-bond donors (Lipinski definition) is 1. The van der Waals surface area contributed by atoms with Crippen LogP contribution < -0.4 is 0 Å². The summed E-state index contributed by atoms with van der Waals surface area (Å²) in [4.78, 5) is 24.4. The van der Waals surface area contributed by atoms with E-state index < -0.39 is 23.8 Å². The minimum atomic E-state index is -2.09. The molecule has 29 heavy (non-hydrogen) atoms. The summed E-state index contributed by atoms with van der Waals surface area (Å²) in [5, 5.41) is 9.51. The number of rotatable bonds is 20. The topological polar surface area (TPSA) is 91.3 Å². The van der Waals surface area contributed by atoms with Crippen LogP contribution in [0.2, 0.25) is 0 Å². The van der Waals surface area contributed by atoms with Crippen LogP contribution in [0.4, 0.5) is 0 Å². The van der Waals surface area contributed by atoms with Gasteiger partial charge in [-0.15, -0.1) is 0 Å². The Labute approximate surface area is 176 Å². The van der Waals surface area contributed by atoms with E-state index in [1.165, 1.54) is 44.9 Å². The Hall–Kier alpha value is -1.18. The summed E-state index contributed by atoms with van der Waals surface area (Å²) in [7, 11) is 0. The van der Waals surface area contributed by atoms with Gasteiger partial charge in [0, 0.05) is 19.8 Å². The predicted molar refractivity (Wildman–Crippen MR) is 112 cm³/mol. The van der Waals surface area contributed by atoms with Crippen molar-refractivity contribution in [2.24, 2.45) is 0 Å². The summed E-state index contributed by atoms with van der Waals surface area (Å²) < 4.78 is 21.5. The first-order valence-corrected chi connectivity index (χ1v) is 11.3. The molecule has 7 heteroatoms. The fraction of sp³-hybridized carbons (Fsp3) is 0.909. The number of unbranched alkanes of at least 4 members (excludes halogenated alkanes) is 9. The van der Waals surface area contributed by atoms with Crippen molar-refractivity contribution in [3.63, 3.8) is 0 Å². The fourth-order valence-corrected chi connectivity index (χ4v) is 3.21. The van der Waals surface area contributed by atoms with E-state index in [0.717, 1.165) is 19.3 Å². The van der Waals surface area contributed by atoms with Crippen LogP contribution in [0.25, 0.3) is 0 Å². The van der Waals surface area contributed by atoms with E-state index in [1.807, 2.05) is 0 Å². The number of hydrogen-bond acceptors (Lipinski definition) is 6. The second kappa shape index (κ2) is 17.7. The monoisotopic (exact) mass is 418 g/mol. The lowest BCUT2D eigenvalue weighted by Crippen LogP contribution is -2.59. The number of ether oxygens (including phenoxy) is 4. The quantitative estimate of drug-likeness (QED) is 0.174. The van der Waals surface area contributed by atoms with Gasteiger partial charge in [-0.1, -0.05) is 64.7 Å². The molecule has 0 aliphatic rings. The van der Waals surface area contributed by atoms with E-state index in [4.69, 9.17) is 18.9 Å². The normalized spacial score (nSPS) is 12.7. The van der Waals surface area contributed by atoms with E-state index in [0.29, 0.717) is 0 Å². The number of carboxylic acid groups (broad SMARTS) is 1. The summed E-state index contributed by atoms with van der Waals surface area (Å²) in [6.07, 6.45) is 10.1. The van der Waals surface area contributed by atoms with Crippen LogP contribution in [-0.2, 0) is 28.5 Å². The zero-order chi connectivity index (χ0) is 22.0. The Morgan fingerprint density at radius 2 is 1.24 bits per heavy atom. The molecule has 0 aromatic rings. The van der Waals surface area contributed by atoms with Gasteiger partial charge in [0.05, 0.1) is 6.61 Å². The average Bonchev–Trinajstić information content (AvgIpc) is 2.69. The van der Waals surface area contributed by atoms with Gasteiger partial charge < -0.3 is 24.1 Å². The van der Waals surface area contributed by atoms with Crippen LogP contribution in [0.15, 0.2) is 0 Å². The maximum Gasteiger partial charge on any atom is 0.370 e. The highest BCUT2D eigenvalue weighted by Gasteiger charge is 2.54. The molecule has 0 heterocycles. The van der Waals surface area contributed by atoms with Crippen LogP contribution in [-0.4, -0.2) is 55.4 Å². The maximum absolute atomic E-state index is 12.7. The molecule has 0 spiro atoms. The molecule has 0 aromatic carbocycles. The Morgan fingerprint density at radius 3 is 1.66 bits per heavy atom. The second-order valence-corrected chi connectivity index (χ2v) is 7.03. The minimum Gasteiger partial charge on any atom is -0.479 e. The smallest absolute Gasteiger partial charge is 0.370 e. The van der Waals surface area contributed by atoms with Crippen LogP contribution in [0.5, 0.6) is 0 Å². The zero-order valence-corrected chi connectivity index (χ0v) is 18.9. The number of carbonyl (C=O) groups is 2. The van der Waals surface area contributed by atoms with Crippen LogP contribution in [0, 0.1) is 0 Å². The minimum absolute atomic E-state index is 0.0875. The molecule has 1 atom stereocenters. The van der Waals surface area contributed by atoms with Gasteiger partial charge >= 0.3 is 17.7 Å². The first-order chi connectivity index (χ1) is 14.0. The molecule has 0 rings (SSSR count). The Balaban J connectivity index is 4.44. The second-order valence-electron chi connectivity index (χ2n) is 7.03. The molecule has 0 radical (unpaired) electrons. The number of aliphatic carboxylic acids is 1. The van der Waals surface area contributed by atoms with Gasteiger partial charge in [0.2, 0.25) is 6.10 Å². The molecule has 1 N–H and O–H groups in total. The van der Waals surface area contributed by atoms with Gasteiger partial charge in [-0.3, -0.25) is 0 Å². The SMILES string of the molecule is CCCCCCCCCCCCOC(=O)C(OCC)(OCC)C(OCC)C(=O)O. The lowest BCUT2D eigenvalue weighted by atomic mass is 10.1. The van der Waals surface area contributed by atoms with Crippen molar-refractivity contribution in [2.45, 2.75) is 104 Å². The standard InChI is InChI=1S/C22H42O7/c1-5-9-10-11-12-13-14-15-16-17-18-27-21(25)22(28-7-3,29-8-4)19(20(23)24)26-6-2/h19H,5-18H2,1-4H3,(H,23,24). The molecule has 0 amide bonds. The molecule has 0 aromatic heterocycles. The fourth-order valence-electron chi connectivity index (χ4n) is 3.21. The van der Waals surface area contributed by atoms with Gasteiger partial charge in [-0.05, 0) is 27.2 Å². The summed E-state index contributed by atoms with van der Waals surface area (Å²) in [6.45, 7) is 7.67. The van der Waals surface area contributed by atoms with Gasteiger partial charge in [0.1, 0.15) is 0 Å². The van der Waals surface area contributed by atoms with E-state index in [9.17, 15) is 14.7 Å². The Bertz CT molecular complexity index is 419. The molecule has 7 nitrogen and oxygen atoms in total. The van der Waals surface area contributed by atoms with Crippen molar-refractivity contribution in [2.75, 3.05) is 26.4 Å². The van der Waals surface area contributed by atoms with Crippen molar-refractivity contribution in [3.05, 3.63) is 0 Å².